The van der Waals surface area contributed by atoms with Crippen LogP contribution in [0.4, 0.5) is 23.5 Å². The minimum absolute atomic E-state index is 0.125. The third-order valence-corrected chi connectivity index (χ3v) is 1.87. The Morgan fingerprint density at radius 2 is 2.11 bits per heavy atom. The van der Waals surface area contributed by atoms with Gasteiger partial charge in [-0.15, -0.1) is 0 Å². The lowest BCUT2D eigenvalue weighted by Gasteiger charge is -2.09. The Labute approximate surface area is 101 Å². The number of ether oxygens (including phenoxy) is 1. The van der Waals surface area contributed by atoms with E-state index in [0.717, 1.165) is 12.6 Å². The zero-order valence-corrected chi connectivity index (χ0v) is 9.72. The Hall–Kier alpha value is -1.60. The maximum absolute atomic E-state index is 13.2. The SMILES string of the molecule is CCCNc1ncc(F)c(OCCC(F)(F)F)n1. The van der Waals surface area contributed by atoms with Crippen molar-refractivity contribution in [3.8, 4) is 5.88 Å². The number of nitrogens with one attached hydrogen (secondary N) is 1. The molecule has 4 nitrogen and oxygen atoms in total. The molecule has 0 aliphatic rings. The van der Waals surface area contributed by atoms with E-state index in [1.807, 2.05) is 6.92 Å². The highest BCUT2D eigenvalue weighted by Gasteiger charge is 2.27. The van der Waals surface area contributed by atoms with Crippen LogP contribution < -0.4 is 10.1 Å². The van der Waals surface area contributed by atoms with E-state index in [2.05, 4.69) is 20.0 Å². The van der Waals surface area contributed by atoms with Gasteiger partial charge >= 0.3 is 6.18 Å². The largest absolute Gasteiger partial charge is 0.475 e. The summed E-state index contributed by atoms with van der Waals surface area (Å²) in [6.45, 7) is 1.82. The van der Waals surface area contributed by atoms with Gasteiger partial charge in [0.1, 0.15) is 0 Å². The predicted octanol–water partition coefficient (Wildman–Crippen LogP) is 2.77. The van der Waals surface area contributed by atoms with Gasteiger partial charge in [-0.3, -0.25) is 0 Å². The molecule has 0 fully saturated rings. The lowest BCUT2D eigenvalue weighted by Crippen LogP contribution is -2.14. The molecule has 0 spiro atoms. The maximum atomic E-state index is 13.2. The molecule has 1 N–H and O–H groups in total. The second kappa shape index (κ2) is 6.36. The van der Waals surface area contributed by atoms with E-state index in [4.69, 9.17) is 0 Å². The van der Waals surface area contributed by atoms with E-state index in [1.54, 1.807) is 0 Å². The van der Waals surface area contributed by atoms with Crippen molar-refractivity contribution in [2.75, 3.05) is 18.5 Å². The van der Waals surface area contributed by atoms with Crippen molar-refractivity contribution in [2.45, 2.75) is 25.9 Å². The van der Waals surface area contributed by atoms with E-state index < -0.39 is 30.9 Å². The van der Waals surface area contributed by atoms with E-state index in [9.17, 15) is 17.6 Å². The van der Waals surface area contributed by atoms with Crippen LogP contribution >= 0.6 is 0 Å². The molecule has 0 amide bonds. The van der Waals surface area contributed by atoms with Crippen LogP contribution in [0.5, 0.6) is 5.88 Å². The van der Waals surface area contributed by atoms with Gasteiger partial charge in [-0.25, -0.2) is 4.98 Å². The monoisotopic (exact) mass is 267 g/mol. The number of aromatic nitrogens is 2. The molecular formula is C10H13F4N3O. The topological polar surface area (TPSA) is 47.0 Å². The van der Waals surface area contributed by atoms with Gasteiger partial charge in [-0.2, -0.15) is 22.5 Å². The van der Waals surface area contributed by atoms with E-state index >= 15 is 0 Å². The third kappa shape index (κ3) is 5.15. The first-order chi connectivity index (χ1) is 8.42. The first kappa shape index (κ1) is 14.5. The molecule has 0 saturated carbocycles. The number of halogens is 4. The molecule has 0 aromatic carbocycles. The normalized spacial score (nSPS) is 11.4. The van der Waals surface area contributed by atoms with Gasteiger partial charge in [-0.05, 0) is 6.42 Å². The van der Waals surface area contributed by atoms with Gasteiger partial charge in [-0.1, -0.05) is 6.92 Å². The Morgan fingerprint density at radius 3 is 2.72 bits per heavy atom. The molecule has 1 rings (SSSR count). The van der Waals surface area contributed by atoms with Crippen LogP contribution in [0.15, 0.2) is 6.20 Å². The highest BCUT2D eigenvalue weighted by molar-refractivity contribution is 5.28. The predicted molar refractivity (Wildman–Crippen MR) is 56.9 cm³/mol. The molecule has 1 heterocycles. The smallest absolute Gasteiger partial charge is 0.392 e. The molecule has 0 bridgehead atoms. The van der Waals surface area contributed by atoms with E-state index in [1.165, 1.54) is 0 Å². The lowest BCUT2D eigenvalue weighted by atomic mass is 10.4. The second-order valence-corrected chi connectivity index (χ2v) is 3.49. The maximum Gasteiger partial charge on any atom is 0.392 e. The first-order valence-electron chi connectivity index (χ1n) is 5.38. The summed E-state index contributed by atoms with van der Waals surface area (Å²) >= 11 is 0. The van der Waals surface area contributed by atoms with Crippen molar-refractivity contribution in [3.05, 3.63) is 12.0 Å². The Bertz CT molecular complexity index is 384. The Kier molecular flexibility index (Phi) is 5.11. The zero-order valence-electron chi connectivity index (χ0n) is 9.72. The summed E-state index contributed by atoms with van der Waals surface area (Å²) in [4.78, 5) is 7.28. The Balaban J connectivity index is 2.58. The van der Waals surface area contributed by atoms with Gasteiger partial charge in [0.2, 0.25) is 11.8 Å². The molecular weight excluding hydrogens is 254 g/mol. The number of nitrogens with zero attached hydrogens (tertiary/aromatic N) is 2. The number of anilines is 1. The average Bonchev–Trinajstić information content (AvgIpc) is 2.28. The van der Waals surface area contributed by atoms with Crippen molar-refractivity contribution in [3.63, 3.8) is 0 Å². The molecule has 1 aromatic heterocycles. The fourth-order valence-corrected chi connectivity index (χ4v) is 1.04. The molecule has 0 aliphatic carbocycles. The van der Waals surface area contributed by atoms with Gasteiger partial charge < -0.3 is 10.1 Å². The van der Waals surface area contributed by atoms with Crippen molar-refractivity contribution in [2.24, 2.45) is 0 Å². The van der Waals surface area contributed by atoms with Gasteiger partial charge in [0.05, 0.1) is 19.2 Å². The summed E-state index contributed by atoms with van der Waals surface area (Å²) in [6.07, 6.45) is -3.83. The number of alkyl halides is 3. The summed E-state index contributed by atoms with van der Waals surface area (Å²) in [5.74, 6) is -1.24. The summed E-state index contributed by atoms with van der Waals surface area (Å²) in [5.41, 5.74) is 0. The number of hydrogen-bond acceptors (Lipinski definition) is 4. The highest BCUT2D eigenvalue weighted by Crippen LogP contribution is 2.21. The van der Waals surface area contributed by atoms with Crippen molar-refractivity contribution < 1.29 is 22.3 Å². The second-order valence-electron chi connectivity index (χ2n) is 3.49. The van der Waals surface area contributed by atoms with Crippen LogP contribution in [-0.4, -0.2) is 29.3 Å². The van der Waals surface area contributed by atoms with Gasteiger partial charge in [0, 0.05) is 6.54 Å². The van der Waals surface area contributed by atoms with Crippen LogP contribution in [0.1, 0.15) is 19.8 Å². The lowest BCUT2D eigenvalue weighted by molar-refractivity contribution is -0.139. The quantitative estimate of drug-likeness (QED) is 0.805. The van der Waals surface area contributed by atoms with Crippen LogP contribution in [0.2, 0.25) is 0 Å². The summed E-state index contributed by atoms with van der Waals surface area (Å²) < 4.78 is 53.5. The minimum atomic E-state index is -4.34. The van der Waals surface area contributed by atoms with E-state index in [0.29, 0.717) is 6.54 Å². The fourth-order valence-electron chi connectivity index (χ4n) is 1.04. The van der Waals surface area contributed by atoms with Crippen LogP contribution in [0, 0.1) is 5.82 Å². The third-order valence-electron chi connectivity index (χ3n) is 1.87. The molecule has 8 heteroatoms. The molecule has 102 valence electrons. The molecule has 18 heavy (non-hydrogen) atoms. The summed E-state index contributed by atoms with van der Waals surface area (Å²) in [7, 11) is 0. The molecule has 0 aliphatic heterocycles. The Morgan fingerprint density at radius 1 is 1.39 bits per heavy atom. The summed E-state index contributed by atoms with van der Waals surface area (Å²) in [6, 6.07) is 0. The zero-order chi connectivity index (χ0) is 13.6. The molecule has 0 atom stereocenters. The van der Waals surface area contributed by atoms with E-state index in [-0.39, 0.29) is 5.95 Å². The van der Waals surface area contributed by atoms with Crippen molar-refractivity contribution in [1.82, 2.24) is 9.97 Å². The standard InChI is InChI=1S/C10H13F4N3O/c1-2-4-15-9-16-6-7(11)8(17-9)18-5-3-10(12,13)14/h6H,2-5H2,1H3,(H,15,16,17). The minimum Gasteiger partial charge on any atom is -0.475 e. The van der Waals surface area contributed by atoms with Crippen molar-refractivity contribution >= 4 is 5.95 Å². The number of hydrogen-bond donors (Lipinski definition) is 1. The van der Waals surface area contributed by atoms with Crippen LogP contribution in [0.25, 0.3) is 0 Å². The molecule has 0 radical (unpaired) electrons. The first-order valence-corrected chi connectivity index (χ1v) is 5.38. The molecule has 1 aromatic rings. The highest BCUT2D eigenvalue weighted by atomic mass is 19.4. The van der Waals surface area contributed by atoms with Gasteiger partial charge in [0.25, 0.3) is 5.88 Å². The van der Waals surface area contributed by atoms with Gasteiger partial charge in [0.15, 0.2) is 0 Å². The molecule has 0 unspecified atom stereocenters. The van der Waals surface area contributed by atoms with Crippen molar-refractivity contribution in [1.29, 1.82) is 0 Å². The number of rotatable bonds is 6. The van der Waals surface area contributed by atoms with Crippen LogP contribution in [0.3, 0.4) is 0 Å². The van der Waals surface area contributed by atoms with Crippen LogP contribution in [-0.2, 0) is 0 Å². The summed E-state index contributed by atoms with van der Waals surface area (Å²) in [5, 5.41) is 2.78. The fraction of sp³-hybridized carbons (Fsp3) is 0.600. The molecule has 0 saturated heterocycles. The average molecular weight is 267 g/mol.